The first-order valence-electron chi connectivity index (χ1n) is 8.51. The Morgan fingerprint density at radius 2 is 1.85 bits per heavy atom. The molecule has 7 heteroatoms. The molecule has 3 aromatic rings. The van der Waals surface area contributed by atoms with Gasteiger partial charge in [-0.1, -0.05) is 35.5 Å². The highest BCUT2D eigenvalue weighted by Crippen LogP contribution is 2.25. The molecule has 0 spiro atoms. The van der Waals surface area contributed by atoms with Crippen molar-refractivity contribution in [2.45, 2.75) is 25.9 Å². The minimum absolute atomic E-state index is 0.0486. The third-order valence-electron chi connectivity index (χ3n) is 4.21. The monoisotopic (exact) mass is 492 g/mol. The second-order valence-electron chi connectivity index (χ2n) is 6.49. The molecule has 1 aromatic heterocycles. The zero-order chi connectivity index (χ0) is 19.6. The van der Waals surface area contributed by atoms with Crippen LogP contribution in [0.5, 0.6) is 0 Å². The van der Waals surface area contributed by atoms with Gasteiger partial charge in [-0.3, -0.25) is 4.79 Å². The molecule has 140 valence electrons. The second kappa shape index (κ2) is 8.43. The fourth-order valence-electron chi connectivity index (χ4n) is 2.89. The van der Waals surface area contributed by atoms with E-state index in [0.717, 1.165) is 36.9 Å². The Balaban J connectivity index is 1.68. The molecule has 0 aliphatic rings. The van der Waals surface area contributed by atoms with Gasteiger partial charge in [-0.05, 0) is 72.7 Å². The van der Waals surface area contributed by atoms with E-state index in [9.17, 15) is 4.79 Å². The highest BCUT2D eigenvalue weighted by Gasteiger charge is 2.14. The molecular formula is C20H21IN4OS. The fourth-order valence-corrected chi connectivity index (χ4v) is 4.53. The molecule has 3 rings (SSSR count). The Kier molecular flexibility index (Phi) is 6.21. The number of benzene rings is 2. The average Bonchev–Trinajstić information content (AvgIpc) is 2.97. The van der Waals surface area contributed by atoms with Crippen LogP contribution in [0.3, 0.4) is 0 Å². The molecule has 0 radical (unpaired) electrons. The standard InChI is InChI=1S/C20H21IN4OS/c1-12-6-5-7-15(8-12)19-23-24-20(25(19)4)27-11-17(26)22-18-13(2)9-16(21)10-14(18)3/h5-10H,11H2,1-4H3,(H,22,26). The maximum Gasteiger partial charge on any atom is 0.234 e. The molecule has 0 fully saturated rings. The van der Waals surface area contributed by atoms with Gasteiger partial charge in [0, 0.05) is 21.9 Å². The summed E-state index contributed by atoms with van der Waals surface area (Å²) in [6.07, 6.45) is 0. The molecule has 0 unspecified atom stereocenters. The Morgan fingerprint density at radius 3 is 2.52 bits per heavy atom. The first-order valence-corrected chi connectivity index (χ1v) is 10.6. The van der Waals surface area contributed by atoms with Gasteiger partial charge in [0.2, 0.25) is 5.91 Å². The van der Waals surface area contributed by atoms with Crippen molar-refractivity contribution >= 4 is 45.9 Å². The van der Waals surface area contributed by atoms with Gasteiger partial charge >= 0.3 is 0 Å². The first kappa shape index (κ1) is 19.9. The molecule has 0 aliphatic carbocycles. The van der Waals surface area contributed by atoms with Crippen molar-refractivity contribution < 1.29 is 4.79 Å². The molecule has 1 amide bonds. The zero-order valence-corrected chi connectivity index (χ0v) is 18.7. The van der Waals surface area contributed by atoms with E-state index < -0.39 is 0 Å². The number of hydrogen-bond donors (Lipinski definition) is 1. The minimum Gasteiger partial charge on any atom is -0.325 e. The van der Waals surface area contributed by atoms with Crippen molar-refractivity contribution in [3.05, 3.63) is 56.7 Å². The van der Waals surface area contributed by atoms with Gasteiger partial charge in [0.25, 0.3) is 0 Å². The summed E-state index contributed by atoms with van der Waals surface area (Å²) in [6.45, 7) is 6.07. The molecule has 0 saturated heterocycles. The summed E-state index contributed by atoms with van der Waals surface area (Å²) in [5, 5.41) is 12.3. The van der Waals surface area contributed by atoms with Gasteiger partial charge in [-0.25, -0.2) is 0 Å². The van der Waals surface area contributed by atoms with E-state index in [1.54, 1.807) is 0 Å². The number of hydrogen-bond acceptors (Lipinski definition) is 4. The number of nitrogens with one attached hydrogen (secondary N) is 1. The normalized spacial score (nSPS) is 10.9. The third kappa shape index (κ3) is 4.70. The van der Waals surface area contributed by atoms with Crippen LogP contribution in [0.2, 0.25) is 0 Å². The maximum absolute atomic E-state index is 12.4. The van der Waals surface area contributed by atoms with Crippen LogP contribution >= 0.6 is 34.4 Å². The predicted octanol–water partition coefficient (Wildman–Crippen LogP) is 4.74. The number of carbonyl (C=O) groups is 1. The van der Waals surface area contributed by atoms with Gasteiger partial charge in [-0.2, -0.15) is 0 Å². The van der Waals surface area contributed by atoms with E-state index in [-0.39, 0.29) is 11.7 Å². The maximum atomic E-state index is 12.4. The number of halogens is 1. The van der Waals surface area contributed by atoms with Crippen molar-refractivity contribution in [1.82, 2.24) is 14.8 Å². The molecule has 0 atom stereocenters. The lowest BCUT2D eigenvalue weighted by atomic mass is 10.1. The summed E-state index contributed by atoms with van der Waals surface area (Å²) < 4.78 is 3.09. The Labute approximate surface area is 177 Å². The number of thioether (sulfide) groups is 1. The number of carbonyl (C=O) groups excluding carboxylic acids is 1. The van der Waals surface area contributed by atoms with E-state index in [1.807, 2.05) is 37.6 Å². The fraction of sp³-hybridized carbons (Fsp3) is 0.250. The van der Waals surface area contributed by atoms with Crippen molar-refractivity contribution in [2.24, 2.45) is 7.05 Å². The van der Waals surface area contributed by atoms with Gasteiger partial charge in [-0.15, -0.1) is 10.2 Å². The summed E-state index contributed by atoms with van der Waals surface area (Å²) in [5.74, 6) is 1.03. The highest BCUT2D eigenvalue weighted by atomic mass is 127. The van der Waals surface area contributed by atoms with E-state index in [2.05, 4.69) is 69.3 Å². The second-order valence-corrected chi connectivity index (χ2v) is 8.67. The summed E-state index contributed by atoms with van der Waals surface area (Å²) in [6, 6.07) is 12.3. The number of amides is 1. The van der Waals surface area contributed by atoms with Gasteiger partial charge in [0.1, 0.15) is 0 Å². The van der Waals surface area contributed by atoms with Crippen LogP contribution in [0.15, 0.2) is 41.6 Å². The van der Waals surface area contributed by atoms with Crippen molar-refractivity contribution in [3.8, 4) is 11.4 Å². The van der Waals surface area contributed by atoms with E-state index in [0.29, 0.717) is 0 Å². The largest absolute Gasteiger partial charge is 0.325 e. The molecule has 0 bridgehead atoms. The molecule has 1 N–H and O–H groups in total. The molecule has 0 aliphatic heterocycles. The lowest BCUT2D eigenvalue weighted by molar-refractivity contribution is -0.113. The number of anilines is 1. The van der Waals surface area contributed by atoms with Crippen LogP contribution in [0, 0.1) is 24.3 Å². The van der Waals surface area contributed by atoms with Crippen molar-refractivity contribution in [3.63, 3.8) is 0 Å². The van der Waals surface area contributed by atoms with Crippen LogP contribution in [-0.4, -0.2) is 26.4 Å². The molecule has 1 heterocycles. The van der Waals surface area contributed by atoms with Gasteiger partial charge < -0.3 is 9.88 Å². The predicted molar refractivity (Wildman–Crippen MR) is 119 cm³/mol. The number of rotatable bonds is 5. The highest BCUT2D eigenvalue weighted by molar-refractivity contribution is 14.1. The summed E-state index contributed by atoms with van der Waals surface area (Å²) in [5.41, 5.74) is 5.22. The molecule has 5 nitrogen and oxygen atoms in total. The van der Waals surface area contributed by atoms with E-state index >= 15 is 0 Å². The van der Waals surface area contributed by atoms with Crippen LogP contribution in [-0.2, 0) is 11.8 Å². The molecule has 2 aromatic carbocycles. The van der Waals surface area contributed by atoms with Crippen molar-refractivity contribution in [1.29, 1.82) is 0 Å². The smallest absolute Gasteiger partial charge is 0.234 e. The summed E-state index contributed by atoms with van der Waals surface area (Å²) >= 11 is 3.67. The van der Waals surface area contributed by atoms with E-state index in [1.165, 1.54) is 17.3 Å². The molecular weight excluding hydrogens is 471 g/mol. The average molecular weight is 492 g/mol. The van der Waals surface area contributed by atoms with Crippen LogP contribution in [0.4, 0.5) is 5.69 Å². The van der Waals surface area contributed by atoms with E-state index in [4.69, 9.17) is 0 Å². The SMILES string of the molecule is Cc1cccc(-c2nnc(SCC(=O)Nc3c(C)cc(I)cc3C)n2C)c1. The van der Waals surface area contributed by atoms with Crippen LogP contribution < -0.4 is 5.32 Å². The summed E-state index contributed by atoms with van der Waals surface area (Å²) in [7, 11) is 1.92. The Hall–Kier alpha value is -1.87. The Bertz CT molecular complexity index is 976. The zero-order valence-electron chi connectivity index (χ0n) is 15.7. The number of aryl methyl sites for hydroxylation is 3. The van der Waals surface area contributed by atoms with Gasteiger partial charge in [0.15, 0.2) is 11.0 Å². The minimum atomic E-state index is -0.0486. The quantitative estimate of drug-likeness (QED) is 0.413. The number of aromatic nitrogens is 3. The molecule has 0 saturated carbocycles. The number of nitrogens with zero attached hydrogens (tertiary/aromatic N) is 3. The lowest BCUT2D eigenvalue weighted by Crippen LogP contribution is -2.16. The lowest BCUT2D eigenvalue weighted by Gasteiger charge is -2.12. The topological polar surface area (TPSA) is 59.8 Å². The van der Waals surface area contributed by atoms with Crippen LogP contribution in [0.1, 0.15) is 16.7 Å². The first-order chi connectivity index (χ1) is 12.8. The Morgan fingerprint density at radius 1 is 1.15 bits per heavy atom. The van der Waals surface area contributed by atoms with Crippen molar-refractivity contribution in [2.75, 3.05) is 11.1 Å². The van der Waals surface area contributed by atoms with Gasteiger partial charge in [0.05, 0.1) is 5.75 Å². The molecule has 27 heavy (non-hydrogen) atoms. The summed E-state index contributed by atoms with van der Waals surface area (Å²) in [4.78, 5) is 12.4. The third-order valence-corrected chi connectivity index (χ3v) is 5.85. The van der Waals surface area contributed by atoms with Crippen LogP contribution in [0.25, 0.3) is 11.4 Å².